The number of sulfone groups is 1. The summed E-state index contributed by atoms with van der Waals surface area (Å²) in [5.41, 5.74) is 0.229. The molecule has 2 rings (SSSR count). The van der Waals surface area contributed by atoms with E-state index in [0.29, 0.717) is 4.47 Å². The summed E-state index contributed by atoms with van der Waals surface area (Å²) in [5.74, 6) is -0.934. The highest BCUT2D eigenvalue weighted by Crippen LogP contribution is 2.20. The molecule has 19 heavy (non-hydrogen) atoms. The van der Waals surface area contributed by atoms with Crippen LogP contribution in [0.1, 0.15) is 17.3 Å². The second kappa shape index (κ2) is 5.20. The Kier molecular flexibility index (Phi) is 3.96. The Morgan fingerprint density at radius 2 is 2.16 bits per heavy atom. The number of rotatable bonds is 1. The number of carbonyl (C=O) groups excluding carboxylic acids is 1. The first-order valence-electron chi connectivity index (χ1n) is 5.76. The van der Waals surface area contributed by atoms with Gasteiger partial charge in [0.25, 0.3) is 5.91 Å². The molecule has 1 saturated heterocycles. The lowest BCUT2D eigenvalue weighted by Gasteiger charge is -2.33. The number of hydrogen-bond donors (Lipinski definition) is 0. The molecule has 0 aliphatic carbocycles. The second-order valence-corrected chi connectivity index (χ2v) is 7.67. The topological polar surface area (TPSA) is 54.5 Å². The molecule has 0 N–H and O–H groups in total. The molecular formula is C12H13BrFNO3S. The summed E-state index contributed by atoms with van der Waals surface area (Å²) < 4.78 is 36.6. The Morgan fingerprint density at radius 1 is 1.47 bits per heavy atom. The van der Waals surface area contributed by atoms with Gasteiger partial charge in [0.15, 0.2) is 9.84 Å². The van der Waals surface area contributed by atoms with Crippen molar-refractivity contribution in [3.8, 4) is 0 Å². The number of hydrogen-bond acceptors (Lipinski definition) is 3. The molecule has 1 heterocycles. The third-order valence-electron chi connectivity index (χ3n) is 3.10. The van der Waals surface area contributed by atoms with Gasteiger partial charge in [0.2, 0.25) is 0 Å². The van der Waals surface area contributed by atoms with Crippen LogP contribution in [0, 0.1) is 5.82 Å². The van der Waals surface area contributed by atoms with Crippen LogP contribution in [-0.2, 0) is 9.84 Å². The maximum absolute atomic E-state index is 13.4. The molecule has 7 heteroatoms. The summed E-state index contributed by atoms with van der Waals surface area (Å²) in [6, 6.07) is 3.75. The molecule has 1 aromatic carbocycles. The smallest absolute Gasteiger partial charge is 0.254 e. The maximum atomic E-state index is 13.4. The van der Waals surface area contributed by atoms with Gasteiger partial charge in [0.05, 0.1) is 16.0 Å². The van der Waals surface area contributed by atoms with E-state index in [-0.39, 0.29) is 29.5 Å². The monoisotopic (exact) mass is 349 g/mol. The molecule has 0 bridgehead atoms. The Morgan fingerprint density at radius 3 is 2.74 bits per heavy atom. The van der Waals surface area contributed by atoms with Crippen LogP contribution in [0.2, 0.25) is 0 Å². The van der Waals surface area contributed by atoms with Gasteiger partial charge in [-0.05, 0) is 41.1 Å². The zero-order valence-electron chi connectivity index (χ0n) is 10.3. The average molecular weight is 350 g/mol. The molecule has 0 aromatic heterocycles. The molecule has 0 spiro atoms. The van der Waals surface area contributed by atoms with Gasteiger partial charge in [0, 0.05) is 18.2 Å². The minimum atomic E-state index is -3.07. The quantitative estimate of drug-likeness (QED) is 0.777. The first-order valence-corrected chi connectivity index (χ1v) is 8.38. The average Bonchev–Trinajstić information content (AvgIpc) is 2.31. The minimum absolute atomic E-state index is 0.0396. The van der Waals surface area contributed by atoms with Crippen molar-refractivity contribution in [2.75, 3.05) is 18.1 Å². The van der Waals surface area contributed by atoms with Gasteiger partial charge < -0.3 is 4.90 Å². The van der Waals surface area contributed by atoms with E-state index < -0.39 is 21.7 Å². The van der Waals surface area contributed by atoms with E-state index in [0.717, 1.165) is 6.07 Å². The highest BCUT2D eigenvalue weighted by Gasteiger charge is 2.31. The Labute approximate surface area is 119 Å². The lowest BCUT2D eigenvalue weighted by molar-refractivity contribution is 0.0712. The normalized spacial score (nSPS) is 22.3. The zero-order valence-corrected chi connectivity index (χ0v) is 12.7. The molecule has 4 nitrogen and oxygen atoms in total. The largest absolute Gasteiger partial charge is 0.334 e. The molecular weight excluding hydrogens is 337 g/mol. The summed E-state index contributed by atoms with van der Waals surface area (Å²) in [6.45, 7) is 1.84. The Balaban J connectivity index is 2.22. The van der Waals surface area contributed by atoms with E-state index >= 15 is 0 Å². The van der Waals surface area contributed by atoms with E-state index in [1.165, 1.54) is 17.0 Å². The van der Waals surface area contributed by atoms with Crippen molar-refractivity contribution in [1.82, 2.24) is 4.90 Å². The molecule has 0 saturated carbocycles. The van der Waals surface area contributed by atoms with Crippen LogP contribution in [-0.4, -0.2) is 43.3 Å². The first kappa shape index (κ1) is 14.5. The molecule has 1 fully saturated rings. The summed E-state index contributed by atoms with van der Waals surface area (Å²) in [6.07, 6.45) is 0. The summed E-state index contributed by atoms with van der Waals surface area (Å²) in [4.78, 5) is 13.7. The van der Waals surface area contributed by atoms with Crippen LogP contribution >= 0.6 is 15.9 Å². The van der Waals surface area contributed by atoms with Crippen LogP contribution in [0.5, 0.6) is 0 Å². The summed E-state index contributed by atoms with van der Waals surface area (Å²) in [5, 5.41) is 0. The fraction of sp³-hybridized carbons (Fsp3) is 0.417. The summed E-state index contributed by atoms with van der Waals surface area (Å²) in [7, 11) is -3.07. The maximum Gasteiger partial charge on any atom is 0.254 e. The predicted molar refractivity (Wildman–Crippen MR) is 73.3 cm³/mol. The van der Waals surface area contributed by atoms with Gasteiger partial charge in [-0.25, -0.2) is 12.8 Å². The lowest BCUT2D eigenvalue weighted by Crippen LogP contribution is -2.49. The second-order valence-electron chi connectivity index (χ2n) is 4.59. The van der Waals surface area contributed by atoms with Gasteiger partial charge >= 0.3 is 0 Å². The first-order chi connectivity index (χ1) is 8.80. The van der Waals surface area contributed by atoms with Crippen molar-refractivity contribution in [3.63, 3.8) is 0 Å². The third kappa shape index (κ3) is 3.14. The van der Waals surface area contributed by atoms with Crippen molar-refractivity contribution in [2.24, 2.45) is 0 Å². The van der Waals surface area contributed by atoms with E-state index in [4.69, 9.17) is 0 Å². The van der Waals surface area contributed by atoms with Crippen LogP contribution in [0.4, 0.5) is 4.39 Å². The standard InChI is InChI=1S/C12H13BrFNO3S/c1-8-7-19(17,18)5-4-15(8)12(16)9-2-3-10(13)11(14)6-9/h2-3,6,8H,4-5,7H2,1H3. The van der Waals surface area contributed by atoms with Crippen LogP contribution < -0.4 is 0 Å². The highest BCUT2D eigenvalue weighted by molar-refractivity contribution is 9.10. The van der Waals surface area contributed by atoms with Gasteiger partial charge in [0.1, 0.15) is 5.82 Å². The SMILES string of the molecule is CC1CS(=O)(=O)CCN1C(=O)c1ccc(Br)c(F)c1. The minimum Gasteiger partial charge on any atom is -0.334 e. The van der Waals surface area contributed by atoms with Gasteiger partial charge in [-0.3, -0.25) is 4.79 Å². The molecule has 1 aliphatic heterocycles. The van der Waals surface area contributed by atoms with Crippen LogP contribution in [0.3, 0.4) is 0 Å². The highest BCUT2D eigenvalue weighted by atomic mass is 79.9. The molecule has 1 aliphatic rings. The van der Waals surface area contributed by atoms with Crippen molar-refractivity contribution in [2.45, 2.75) is 13.0 Å². The number of benzene rings is 1. The Bertz CT molecular complexity index is 617. The van der Waals surface area contributed by atoms with E-state index in [2.05, 4.69) is 15.9 Å². The number of nitrogens with zero attached hydrogens (tertiary/aromatic N) is 1. The zero-order chi connectivity index (χ0) is 14.2. The van der Waals surface area contributed by atoms with Crippen LogP contribution in [0.25, 0.3) is 0 Å². The fourth-order valence-corrected chi connectivity index (χ4v) is 3.90. The van der Waals surface area contributed by atoms with Gasteiger partial charge in [-0.15, -0.1) is 0 Å². The Hall–Kier alpha value is -0.950. The number of carbonyl (C=O) groups is 1. The molecule has 1 amide bonds. The number of halogens is 2. The molecule has 1 aromatic rings. The van der Waals surface area contributed by atoms with E-state index in [1.807, 2.05) is 0 Å². The lowest BCUT2D eigenvalue weighted by atomic mass is 10.1. The third-order valence-corrected chi connectivity index (χ3v) is 5.54. The predicted octanol–water partition coefficient (Wildman–Crippen LogP) is 1.85. The van der Waals surface area contributed by atoms with Gasteiger partial charge in [-0.2, -0.15) is 0 Å². The fourth-order valence-electron chi connectivity index (χ4n) is 2.10. The molecule has 1 unspecified atom stereocenters. The van der Waals surface area contributed by atoms with Crippen molar-refractivity contribution < 1.29 is 17.6 Å². The molecule has 0 radical (unpaired) electrons. The van der Waals surface area contributed by atoms with E-state index in [9.17, 15) is 17.6 Å². The van der Waals surface area contributed by atoms with Crippen molar-refractivity contribution >= 4 is 31.7 Å². The molecule has 1 atom stereocenters. The molecule has 104 valence electrons. The van der Waals surface area contributed by atoms with Crippen molar-refractivity contribution in [1.29, 1.82) is 0 Å². The van der Waals surface area contributed by atoms with Gasteiger partial charge in [-0.1, -0.05) is 0 Å². The summed E-state index contributed by atoms with van der Waals surface area (Å²) >= 11 is 3.02. The van der Waals surface area contributed by atoms with Crippen LogP contribution in [0.15, 0.2) is 22.7 Å². The van der Waals surface area contributed by atoms with Crippen molar-refractivity contribution in [3.05, 3.63) is 34.1 Å². The number of amides is 1. The van der Waals surface area contributed by atoms with E-state index in [1.54, 1.807) is 6.92 Å².